The Labute approximate surface area is 131 Å². The van der Waals surface area contributed by atoms with E-state index in [1.165, 1.54) is 44.9 Å². The van der Waals surface area contributed by atoms with Crippen molar-refractivity contribution < 1.29 is 5.11 Å². The molecule has 0 aromatic carbocycles. The molecular weight excluding hydrogens is 260 g/mol. The van der Waals surface area contributed by atoms with Crippen molar-refractivity contribution in [2.24, 2.45) is 28.9 Å². The van der Waals surface area contributed by atoms with Crippen molar-refractivity contribution in [2.45, 2.75) is 77.8 Å². The molecule has 21 heavy (non-hydrogen) atoms. The second-order valence-electron chi connectivity index (χ2n) is 8.47. The van der Waals surface area contributed by atoms with Crippen LogP contribution < -0.4 is 11.1 Å². The predicted octanol–water partition coefficient (Wildman–Crippen LogP) is 2.92. The smallest absolute Gasteiger partial charge is 0.0474 e. The molecule has 0 aliphatic heterocycles. The first-order valence-electron chi connectivity index (χ1n) is 9.02. The highest BCUT2D eigenvalue weighted by Crippen LogP contribution is 2.41. The number of aliphatic hydroxyl groups excluding tert-OH is 1. The Balaban J connectivity index is 1.85. The summed E-state index contributed by atoms with van der Waals surface area (Å²) in [4.78, 5) is 0. The van der Waals surface area contributed by atoms with E-state index < -0.39 is 0 Å². The minimum Gasteiger partial charge on any atom is -0.396 e. The molecule has 3 heteroatoms. The third-order valence-electron chi connectivity index (χ3n) is 6.14. The van der Waals surface area contributed by atoms with Crippen LogP contribution in [0.5, 0.6) is 0 Å². The molecule has 3 atom stereocenters. The first kappa shape index (κ1) is 17.2. The number of aliphatic hydroxyl groups is 1. The van der Waals surface area contributed by atoms with E-state index >= 15 is 0 Å². The van der Waals surface area contributed by atoms with Gasteiger partial charge in [0.05, 0.1) is 0 Å². The maximum Gasteiger partial charge on any atom is 0.0474 e. The molecule has 0 heterocycles. The third kappa shape index (κ3) is 4.43. The largest absolute Gasteiger partial charge is 0.396 e. The topological polar surface area (TPSA) is 58.3 Å². The summed E-state index contributed by atoms with van der Waals surface area (Å²) in [6, 6.07) is 0.937. The normalized spacial score (nSPS) is 35.9. The zero-order valence-corrected chi connectivity index (χ0v) is 14.3. The van der Waals surface area contributed by atoms with Crippen molar-refractivity contribution in [3.8, 4) is 0 Å². The average molecular weight is 296 g/mol. The molecule has 0 spiro atoms. The lowest BCUT2D eigenvalue weighted by molar-refractivity contribution is 0.124. The Morgan fingerprint density at radius 2 is 1.76 bits per heavy atom. The van der Waals surface area contributed by atoms with Crippen LogP contribution in [0.2, 0.25) is 0 Å². The molecule has 3 unspecified atom stereocenters. The van der Waals surface area contributed by atoms with Gasteiger partial charge in [-0.25, -0.2) is 0 Å². The minimum absolute atomic E-state index is 0.325. The Morgan fingerprint density at radius 1 is 1.10 bits per heavy atom. The van der Waals surface area contributed by atoms with E-state index in [1.54, 1.807) is 0 Å². The molecular formula is C18H36N2O. The molecule has 2 aliphatic carbocycles. The number of rotatable bonds is 5. The number of hydrogen-bond acceptors (Lipinski definition) is 3. The van der Waals surface area contributed by atoms with Crippen LogP contribution in [-0.2, 0) is 0 Å². The average Bonchev–Trinajstić information content (AvgIpc) is 2.91. The molecule has 2 rings (SSSR count). The molecule has 0 saturated heterocycles. The molecule has 124 valence electrons. The van der Waals surface area contributed by atoms with Crippen LogP contribution in [0.4, 0.5) is 0 Å². The van der Waals surface area contributed by atoms with Crippen LogP contribution in [0, 0.1) is 23.2 Å². The summed E-state index contributed by atoms with van der Waals surface area (Å²) in [5.74, 6) is 2.04. The van der Waals surface area contributed by atoms with Crippen LogP contribution in [0.25, 0.3) is 0 Å². The quantitative estimate of drug-likeness (QED) is 0.731. The second-order valence-corrected chi connectivity index (χ2v) is 8.47. The summed E-state index contributed by atoms with van der Waals surface area (Å²) in [7, 11) is 0. The summed E-state index contributed by atoms with van der Waals surface area (Å²) in [5.41, 5.74) is 6.51. The van der Waals surface area contributed by atoms with Gasteiger partial charge < -0.3 is 16.2 Å². The predicted molar refractivity (Wildman–Crippen MR) is 89.1 cm³/mol. The monoisotopic (exact) mass is 296 g/mol. The summed E-state index contributed by atoms with van der Waals surface area (Å²) in [6.07, 6.45) is 8.94. The fourth-order valence-electron chi connectivity index (χ4n) is 4.53. The van der Waals surface area contributed by atoms with Crippen LogP contribution in [0.3, 0.4) is 0 Å². The van der Waals surface area contributed by atoms with Gasteiger partial charge in [-0.05, 0) is 61.7 Å². The van der Waals surface area contributed by atoms with Crippen molar-refractivity contribution in [1.29, 1.82) is 0 Å². The van der Waals surface area contributed by atoms with Gasteiger partial charge in [0.2, 0.25) is 0 Å². The molecule has 0 aromatic rings. The van der Waals surface area contributed by atoms with E-state index in [0.717, 1.165) is 18.4 Å². The van der Waals surface area contributed by atoms with Crippen LogP contribution >= 0.6 is 0 Å². The highest BCUT2D eigenvalue weighted by atomic mass is 16.3. The zero-order chi connectivity index (χ0) is 15.5. The van der Waals surface area contributed by atoms with E-state index in [4.69, 9.17) is 5.73 Å². The highest BCUT2D eigenvalue weighted by molar-refractivity contribution is 4.91. The van der Waals surface area contributed by atoms with Gasteiger partial charge in [0.1, 0.15) is 0 Å². The van der Waals surface area contributed by atoms with Crippen molar-refractivity contribution in [2.75, 3.05) is 13.2 Å². The lowest BCUT2D eigenvalue weighted by atomic mass is 9.68. The molecule has 3 nitrogen and oxygen atoms in total. The highest BCUT2D eigenvalue weighted by Gasteiger charge is 2.35. The number of hydrogen-bond donors (Lipinski definition) is 3. The Bertz CT molecular complexity index is 305. The van der Waals surface area contributed by atoms with Crippen molar-refractivity contribution in [3.05, 3.63) is 0 Å². The molecule has 0 aromatic heterocycles. The SMILES string of the molecule is CC(C)(C)C1CCC(C(CN)NC2CCCC2CO)CC1. The van der Waals surface area contributed by atoms with Crippen molar-refractivity contribution in [3.63, 3.8) is 0 Å². The van der Waals surface area contributed by atoms with Crippen molar-refractivity contribution in [1.82, 2.24) is 5.32 Å². The van der Waals surface area contributed by atoms with Crippen molar-refractivity contribution >= 4 is 0 Å². The first-order valence-corrected chi connectivity index (χ1v) is 9.02. The standard InChI is InChI=1S/C18H36N2O/c1-18(2,3)15-9-7-13(8-10-15)17(11-19)20-16-6-4-5-14(16)12-21/h13-17,20-21H,4-12,19H2,1-3H3. The Hall–Kier alpha value is -0.120. The minimum atomic E-state index is 0.325. The van der Waals surface area contributed by atoms with Gasteiger partial charge in [-0.3, -0.25) is 0 Å². The van der Waals surface area contributed by atoms with E-state index in [-0.39, 0.29) is 0 Å². The molecule has 0 amide bonds. The molecule has 0 bridgehead atoms. The zero-order valence-electron chi connectivity index (χ0n) is 14.3. The molecule has 2 aliphatic rings. The van der Waals surface area contributed by atoms with Gasteiger partial charge in [0, 0.05) is 25.2 Å². The van der Waals surface area contributed by atoms with Gasteiger partial charge in [-0.2, -0.15) is 0 Å². The summed E-state index contributed by atoms with van der Waals surface area (Å²) >= 11 is 0. The third-order valence-corrected chi connectivity index (χ3v) is 6.14. The maximum atomic E-state index is 9.49. The lowest BCUT2D eigenvalue weighted by Gasteiger charge is -2.40. The van der Waals surface area contributed by atoms with E-state index in [2.05, 4.69) is 26.1 Å². The molecule has 0 radical (unpaired) electrons. The number of nitrogens with two attached hydrogens (primary N) is 1. The first-order chi connectivity index (χ1) is 9.95. The Morgan fingerprint density at radius 3 is 2.29 bits per heavy atom. The molecule has 2 fully saturated rings. The summed E-state index contributed by atoms with van der Waals surface area (Å²) in [6.45, 7) is 8.19. The van der Waals surface area contributed by atoms with Crippen LogP contribution in [-0.4, -0.2) is 30.3 Å². The van der Waals surface area contributed by atoms with E-state index in [9.17, 15) is 5.11 Å². The van der Waals surface area contributed by atoms with Gasteiger partial charge in [0.25, 0.3) is 0 Å². The van der Waals surface area contributed by atoms with Crippen LogP contribution in [0.1, 0.15) is 65.7 Å². The summed E-state index contributed by atoms with van der Waals surface area (Å²) in [5, 5.41) is 13.3. The molecule has 2 saturated carbocycles. The van der Waals surface area contributed by atoms with Gasteiger partial charge >= 0.3 is 0 Å². The van der Waals surface area contributed by atoms with E-state index in [0.29, 0.717) is 30.0 Å². The van der Waals surface area contributed by atoms with Crippen LogP contribution in [0.15, 0.2) is 0 Å². The fourth-order valence-corrected chi connectivity index (χ4v) is 4.53. The van der Waals surface area contributed by atoms with Gasteiger partial charge in [-0.1, -0.05) is 27.2 Å². The summed E-state index contributed by atoms with van der Waals surface area (Å²) < 4.78 is 0. The van der Waals surface area contributed by atoms with E-state index in [1.807, 2.05) is 0 Å². The van der Waals surface area contributed by atoms with Gasteiger partial charge in [0.15, 0.2) is 0 Å². The fraction of sp³-hybridized carbons (Fsp3) is 1.00. The molecule has 4 N–H and O–H groups in total. The maximum absolute atomic E-state index is 9.49. The number of nitrogens with one attached hydrogen (secondary N) is 1. The lowest BCUT2D eigenvalue weighted by Crippen LogP contribution is -2.50. The Kier molecular flexibility index (Phi) is 6.10. The second kappa shape index (κ2) is 7.43. The van der Waals surface area contributed by atoms with Gasteiger partial charge in [-0.15, -0.1) is 0 Å².